The van der Waals surface area contributed by atoms with Gasteiger partial charge in [-0.25, -0.2) is 4.68 Å². The first-order valence-corrected chi connectivity index (χ1v) is 12.5. The van der Waals surface area contributed by atoms with Crippen molar-refractivity contribution in [1.82, 2.24) is 15.1 Å². The lowest BCUT2D eigenvalue weighted by atomic mass is 9.76. The van der Waals surface area contributed by atoms with Gasteiger partial charge in [-0.3, -0.25) is 5.32 Å². The maximum Gasteiger partial charge on any atom is 0.219 e. The van der Waals surface area contributed by atoms with Gasteiger partial charge < -0.3 is 9.84 Å². The minimum Gasteiger partial charge on any atom is -0.477 e. The standard InChI is InChI=1S/C22H36BrN3O2/c1-15-11-18(15)12-17-7-8-20(17)25-21(27)19-13-24-26(10-9-23)22(19)28-14-16-5-3-2-4-6-16/h13,15-18,20-21,25,27H,2-12,14H2,1H3/t15-,17?,18?,20?,21?/m0/s1. The first-order chi connectivity index (χ1) is 13.7. The van der Waals surface area contributed by atoms with Crippen LogP contribution in [0.3, 0.4) is 0 Å². The molecule has 1 heterocycles. The fourth-order valence-corrected chi connectivity index (χ4v) is 5.34. The van der Waals surface area contributed by atoms with E-state index in [1.165, 1.54) is 51.4 Å². The predicted molar refractivity (Wildman–Crippen MR) is 115 cm³/mol. The van der Waals surface area contributed by atoms with Crippen LogP contribution in [0.2, 0.25) is 0 Å². The topological polar surface area (TPSA) is 59.3 Å². The fourth-order valence-electron chi connectivity index (χ4n) is 5.00. The smallest absolute Gasteiger partial charge is 0.219 e. The monoisotopic (exact) mass is 453 g/mol. The van der Waals surface area contributed by atoms with Gasteiger partial charge in [-0.2, -0.15) is 5.10 Å². The van der Waals surface area contributed by atoms with Gasteiger partial charge in [0.1, 0.15) is 6.23 Å². The van der Waals surface area contributed by atoms with Crippen LogP contribution in [0.5, 0.6) is 5.88 Å². The van der Waals surface area contributed by atoms with E-state index in [1.807, 2.05) is 4.68 Å². The molecule has 0 spiro atoms. The van der Waals surface area contributed by atoms with Gasteiger partial charge in [0.25, 0.3) is 0 Å². The summed E-state index contributed by atoms with van der Waals surface area (Å²) in [6, 6.07) is 0.425. The van der Waals surface area contributed by atoms with Crippen LogP contribution in [0.1, 0.15) is 76.5 Å². The molecule has 0 aliphatic heterocycles. The van der Waals surface area contributed by atoms with Crippen molar-refractivity contribution in [3.05, 3.63) is 11.8 Å². The Labute approximate surface area is 177 Å². The van der Waals surface area contributed by atoms with Gasteiger partial charge >= 0.3 is 0 Å². The Morgan fingerprint density at radius 3 is 2.68 bits per heavy atom. The SMILES string of the molecule is C[C@H]1CC1CC1CCC1NC(O)c1cnn(CCBr)c1OCC1CCCCC1. The predicted octanol–water partition coefficient (Wildman–Crippen LogP) is 4.64. The van der Waals surface area contributed by atoms with Crippen LogP contribution in [0.4, 0.5) is 0 Å². The second-order valence-electron chi connectivity index (χ2n) is 9.35. The summed E-state index contributed by atoms with van der Waals surface area (Å²) < 4.78 is 8.14. The number of aromatic nitrogens is 2. The van der Waals surface area contributed by atoms with Crippen molar-refractivity contribution in [1.29, 1.82) is 0 Å². The first kappa shape index (κ1) is 20.7. The molecule has 0 bridgehead atoms. The van der Waals surface area contributed by atoms with Crippen LogP contribution < -0.4 is 10.1 Å². The Morgan fingerprint density at radius 2 is 2.04 bits per heavy atom. The lowest BCUT2D eigenvalue weighted by Gasteiger charge is -2.39. The quantitative estimate of drug-likeness (QED) is 0.400. The minimum atomic E-state index is -0.699. The van der Waals surface area contributed by atoms with E-state index < -0.39 is 6.23 Å². The maximum atomic E-state index is 10.9. The summed E-state index contributed by atoms with van der Waals surface area (Å²) in [6.07, 6.45) is 12.7. The van der Waals surface area contributed by atoms with Crippen molar-refractivity contribution >= 4 is 15.9 Å². The van der Waals surface area contributed by atoms with Crippen molar-refractivity contribution in [2.75, 3.05) is 11.9 Å². The summed E-state index contributed by atoms with van der Waals surface area (Å²) in [5.74, 6) is 3.93. The normalized spacial score (nSPS) is 31.4. The van der Waals surface area contributed by atoms with E-state index in [9.17, 15) is 5.11 Å². The zero-order valence-corrected chi connectivity index (χ0v) is 18.7. The lowest BCUT2D eigenvalue weighted by molar-refractivity contribution is 0.0678. The van der Waals surface area contributed by atoms with Gasteiger partial charge in [-0.1, -0.05) is 42.1 Å². The van der Waals surface area contributed by atoms with E-state index in [2.05, 4.69) is 33.3 Å². The largest absolute Gasteiger partial charge is 0.477 e. The van der Waals surface area contributed by atoms with Crippen molar-refractivity contribution in [3.63, 3.8) is 0 Å². The molecule has 5 atom stereocenters. The van der Waals surface area contributed by atoms with E-state index in [4.69, 9.17) is 4.74 Å². The van der Waals surface area contributed by atoms with Crippen molar-refractivity contribution in [2.45, 2.75) is 83.5 Å². The van der Waals surface area contributed by atoms with Gasteiger partial charge in [0, 0.05) is 11.4 Å². The summed E-state index contributed by atoms with van der Waals surface area (Å²) >= 11 is 3.50. The molecule has 1 aromatic rings. The van der Waals surface area contributed by atoms with Crippen LogP contribution in [0.25, 0.3) is 0 Å². The third-order valence-corrected chi connectivity index (χ3v) is 7.61. The summed E-state index contributed by atoms with van der Waals surface area (Å²) in [5.41, 5.74) is 0.794. The molecule has 0 saturated heterocycles. The molecule has 158 valence electrons. The Kier molecular flexibility index (Phi) is 7.00. The van der Waals surface area contributed by atoms with Gasteiger partial charge in [-0.05, 0) is 62.2 Å². The molecular formula is C22H36BrN3O2. The van der Waals surface area contributed by atoms with Crippen molar-refractivity contribution < 1.29 is 9.84 Å². The molecule has 0 amide bonds. The summed E-state index contributed by atoms with van der Waals surface area (Å²) in [6.45, 7) is 3.84. The highest BCUT2D eigenvalue weighted by atomic mass is 79.9. The minimum absolute atomic E-state index is 0.425. The number of hydrogen-bond acceptors (Lipinski definition) is 4. The van der Waals surface area contributed by atoms with Crippen LogP contribution in [-0.4, -0.2) is 32.9 Å². The maximum absolute atomic E-state index is 10.9. The number of halogens is 1. The number of aryl methyl sites for hydroxylation is 1. The number of nitrogens with one attached hydrogen (secondary N) is 1. The fraction of sp³-hybridized carbons (Fsp3) is 0.864. The Morgan fingerprint density at radius 1 is 1.25 bits per heavy atom. The third-order valence-electron chi connectivity index (χ3n) is 7.26. The second-order valence-corrected chi connectivity index (χ2v) is 10.1. The Hall–Kier alpha value is -0.590. The van der Waals surface area contributed by atoms with E-state index in [-0.39, 0.29) is 0 Å². The number of nitrogens with zero attached hydrogens (tertiary/aromatic N) is 2. The van der Waals surface area contributed by atoms with Crippen molar-refractivity contribution in [3.8, 4) is 5.88 Å². The molecule has 3 fully saturated rings. The number of alkyl halides is 1. The molecule has 4 unspecified atom stereocenters. The molecule has 2 N–H and O–H groups in total. The molecule has 0 radical (unpaired) electrons. The molecule has 4 rings (SSSR count). The van der Waals surface area contributed by atoms with Crippen molar-refractivity contribution in [2.24, 2.45) is 23.7 Å². The second kappa shape index (κ2) is 9.48. The molecular weight excluding hydrogens is 418 g/mol. The zero-order valence-electron chi connectivity index (χ0n) is 17.2. The Balaban J connectivity index is 1.36. The lowest BCUT2D eigenvalue weighted by Crippen LogP contribution is -2.45. The third kappa shape index (κ3) is 4.93. The number of ether oxygens (including phenoxy) is 1. The van der Waals surface area contributed by atoms with E-state index in [0.29, 0.717) is 17.9 Å². The van der Waals surface area contributed by atoms with E-state index >= 15 is 0 Å². The molecule has 0 aromatic carbocycles. The van der Waals surface area contributed by atoms with E-state index in [1.54, 1.807) is 6.20 Å². The van der Waals surface area contributed by atoms with Crippen LogP contribution in [0, 0.1) is 23.7 Å². The highest BCUT2D eigenvalue weighted by Crippen LogP contribution is 2.47. The number of hydrogen-bond donors (Lipinski definition) is 2. The molecule has 3 saturated carbocycles. The van der Waals surface area contributed by atoms with Gasteiger partial charge in [0.05, 0.1) is 24.9 Å². The highest BCUT2D eigenvalue weighted by molar-refractivity contribution is 9.09. The van der Waals surface area contributed by atoms with E-state index in [0.717, 1.165) is 48.2 Å². The summed E-state index contributed by atoms with van der Waals surface area (Å²) in [4.78, 5) is 0. The van der Waals surface area contributed by atoms with Crippen LogP contribution >= 0.6 is 15.9 Å². The van der Waals surface area contributed by atoms with Crippen LogP contribution in [0.15, 0.2) is 6.20 Å². The number of aliphatic hydroxyl groups is 1. The molecule has 3 aliphatic rings. The van der Waals surface area contributed by atoms with Gasteiger partial charge in [0.15, 0.2) is 0 Å². The molecule has 28 heavy (non-hydrogen) atoms. The molecule has 5 nitrogen and oxygen atoms in total. The van der Waals surface area contributed by atoms with Crippen LogP contribution in [-0.2, 0) is 6.54 Å². The molecule has 6 heteroatoms. The zero-order chi connectivity index (χ0) is 19.5. The molecule has 1 aromatic heterocycles. The summed E-state index contributed by atoms with van der Waals surface area (Å²) in [5, 5.41) is 19.7. The average molecular weight is 454 g/mol. The first-order valence-electron chi connectivity index (χ1n) is 11.3. The Bertz CT molecular complexity index is 631. The van der Waals surface area contributed by atoms with Gasteiger partial charge in [0.2, 0.25) is 5.88 Å². The number of rotatable bonds is 10. The highest BCUT2D eigenvalue weighted by Gasteiger charge is 2.40. The van der Waals surface area contributed by atoms with Gasteiger partial charge in [-0.15, -0.1) is 0 Å². The number of aliphatic hydroxyl groups excluding tert-OH is 1. The molecule has 3 aliphatic carbocycles. The average Bonchev–Trinajstić information content (AvgIpc) is 3.25. The summed E-state index contributed by atoms with van der Waals surface area (Å²) in [7, 11) is 0.